The lowest BCUT2D eigenvalue weighted by atomic mass is 10.0. The van der Waals surface area contributed by atoms with E-state index in [0.29, 0.717) is 12.8 Å². The standard InChI is InChI=1S/C35H68O4/c1-3-5-7-8-9-10-11-12-13-14-15-16-17-18-19-20-21-22-23-28-32-35(38)39-33(29-25-6-4-2)30-26-24-27-31-34(36)37/h33H,3-32H2,1-2H3,(H,36,37). The molecule has 4 heteroatoms. The largest absolute Gasteiger partial charge is 0.481 e. The van der Waals surface area contributed by atoms with Gasteiger partial charge in [-0.1, -0.05) is 155 Å². The summed E-state index contributed by atoms with van der Waals surface area (Å²) in [6, 6.07) is 0. The first-order valence-corrected chi connectivity index (χ1v) is 17.5. The summed E-state index contributed by atoms with van der Waals surface area (Å²) in [5, 5.41) is 8.77. The molecule has 0 aliphatic rings. The van der Waals surface area contributed by atoms with E-state index in [4.69, 9.17) is 9.84 Å². The molecule has 0 spiro atoms. The van der Waals surface area contributed by atoms with E-state index in [0.717, 1.165) is 44.9 Å². The van der Waals surface area contributed by atoms with Crippen molar-refractivity contribution in [3.8, 4) is 0 Å². The third kappa shape index (κ3) is 31.3. The Hall–Kier alpha value is -1.06. The molecule has 0 saturated heterocycles. The van der Waals surface area contributed by atoms with Crippen LogP contribution in [0, 0.1) is 0 Å². The fourth-order valence-electron chi connectivity index (χ4n) is 5.48. The van der Waals surface area contributed by atoms with E-state index in [2.05, 4.69) is 13.8 Å². The highest BCUT2D eigenvalue weighted by molar-refractivity contribution is 5.69. The van der Waals surface area contributed by atoms with Crippen LogP contribution in [-0.2, 0) is 14.3 Å². The summed E-state index contributed by atoms with van der Waals surface area (Å²) < 4.78 is 5.81. The molecule has 0 saturated carbocycles. The summed E-state index contributed by atoms with van der Waals surface area (Å²) in [4.78, 5) is 23.0. The Labute approximate surface area is 243 Å². The van der Waals surface area contributed by atoms with Gasteiger partial charge in [-0.05, 0) is 38.5 Å². The first-order valence-electron chi connectivity index (χ1n) is 17.5. The summed E-state index contributed by atoms with van der Waals surface area (Å²) >= 11 is 0. The van der Waals surface area contributed by atoms with Crippen LogP contribution in [0.1, 0.15) is 206 Å². The van der Waals surface area contributed by atoms with E-state index in [-0.39, 0.29) is 18.5 Å². The Morgan fingerprint density at radius 3 is 1.18 bits per heavy atom. The molecule has 232 valence electrons. The molecule has 0 aromatic rings. The summed E-state index contributed by atoms with van der Waals surface area (Å²) in [7, 11) is 0. The van der Waals surface area contributed by atoms with Gasteiger partial charge >= 0.3 is 11.9 Å². The summed E-state index contributed by atoms with van der Waals surface area (Å²) in [5.74, 6) is -0.764. The third-order valence-corrected chi connectivity index (χ3v) is 8.08. The van der Waals surface area contributed by atoms with Crippen molar-refractivity contribution in [1.82, 2.24) is 0 Å². The Balaban J connectivity index is 3.53. The lowest BCUT2D eigenvalue weighted by molar-refractivity contribution is -0.150. The van der Waals surface area contributed by atoms with Crippen molar-refractivity contribution in [2.75, 3.05) is 0 Å². The highest BCUT2D eigenvalue weighted by Gasteiger charge is 2.14. The zero-order valence-corrected chi connectivity index (χ0v) is 26.5. The number of esters is 1. The van der Waals surface area contributed by atoms with Crippen LogP contribution in [0.15, 0.2) is 0 Å². The average molecular weight is 553 g/mol. The Morgan fingerprint density at radius 1 is 0.462 bits per heavy atom. The molecule has 0 aromatic carbocycles. The average Bonchev–Trinajstić information content (AvgIpc) is 2.91. The molecular formula is C35H68O4. The fourth-order valence-corrected chi connectivity index (χ4v) is 5.48. The van der Waals surface area contributed by atoms with Crippen LogP contribution >= 0.6 is 0 Å². The molecule has 0 aliphatic carbocycles. The van der Waals surface area contributed by atoms with Crippen LogP contribution in [0.25, 0.3) is 0 Å². The fraction of sp³-hybridized carbons (Fsp3) is 0.943. The maximum absolute atomic E-state index is 12.4. The number of unbranched alkanes of at least 4 members (excludes halogenated alkanes) is 23. The van der Waals surface area contributed by atoms with Crippen LogP contribution < -0.4 is 0 Å². The van der Waals surface area contributed by atoms with Gasteiger partial charge in [-0.15, -0.1) is 0 Å². The maximum Gasteiger partial charge on any atom is 0.306 e. The maximum atomic E-state index is 12.4. The Bertz CT molecular complexity index is 519. The third-order valence-electron chi connectivity index (χ3n) is 8.08. The minimum absolute atomic E-state index is 0.0129. The molecule has 0 aliphatic heterocycles. The van der Waals surface area contributed by atoms with Gasteiger partial charge in [0.1, 0.15) is 6.10 Å². The van der Waals surface area contributed by atoms with Crippen LogP contribution in [0.3, 0.4) is 0 Å². The van der Waals surface area contributed by atoms with Gasteiger partial charge in [0.05, 0.1) is 0 Å². The lowest BCUT2D eigenvalue weighted by Crippen LogP contribution is -2.18. The molecule has 39 heavy (non-hydrogen) atoms. The quantitative estimate of drug-likeness (QED) is 0.0665. The molecule has 0 amide bonds. The van der Waals surface area contributed by atoms with Crippen molar-refractivity contribution in [3.63, 3.8) is 0 Å². The van der Waals surface area contributed by atoms with E-state index >= 15 is 0 Å². The number of carboxylic acids is 1. The number of carboxylic acid groups (broad SMARTS) is 1. The zero-order chi connectivity index (χ0) is 28.7. The molecule has 0 aromatic heterocycles. The number of aliphatic carboxylic acids is 1. The molecule has 0 radical (unpaired) electrons. The van der Waals surface area contributed by atoms with Crippen molar-refractivity contribution < 1.29 is 19.4 Å². The predicted octanol–water partition coefficient (Wildman–Crippen LogP) is 11.7. The van der Waals surface area contributed by atoms with E-state index in [1.807, 2.05) is 0 Å². The van der Waals surface area contributed by atoms with Crippen LogP contribution in [0.2, 0.25) is 0 Å². The summed E-state index contributed by atoms with van der Waals surface area (Å²) in [6.45, 7) is 4.48. The van der Waals surface area contributed by atoms with Gasteiger partial charge in [0.15, 0.2) is 0 Å². The van der Waals surface area contributed by atoms with E-state index < -0.39 is 5.97 Å². The Morgan fingerprint density at radius 2 is 0.769 bits per heavy atom. The smallest absolute Gasteiger partial charge is 0.306 e. The number of rotatable bonds is 32. The van der Waals surface area contributed by atoms with Crippen LogP contribution in [-0.4, -0.2) is 23.1 Å². The second kappa shape index (κ2) is 31.5. The Kier molecular flexibility index (Phi) is 30.6. The van der Waals surface area contributed by atoms with E-state index in [9.17, 15) is 9.59 Å². The van der Waals surface area contributed by atoms with Crippen molar-refractivity contribution in [2.24, 2.45) is 0 Å². The van der Waals surface area contributed by atoms with Crippen molar-refractivity contribution in [2.45, 2.75) is 213 Å². The first kappa shape index (κ1) is 37.9. The second-order valence-corrected chi connectivity index (χ2v) is 12.1. The molecule has 1 N–H and O–H groups in total. The van der Waals surface area contributed by atoms with Crippen molar-refractivity contribution >= 4 is 11.9 Å². The molecule has 4 nitrogen and oxygen atoms in total. The van der Waals surface area contributed by atoms with Crippen molar-refractivity contribution in [3.05, 3.63) is 0 Å². The van der Waals surface area contributed by atoms with Gasteiger partial charge in [-0.3, -0.25) is 9.59 Å². The molecule has 0 fully saturated rings. The van der Waals surface area contributed by atoms with Gasteiger partial charge < -0.3 is 9.84 Å². The minimum atomic E-state index is -0.726. The monoisotopic (exact) mass is 553 g/mol. The molecule has 0 bridgehead atoms. The molecular weight excluding hydrogens is 484 g/mol. The number of hydrogen-bond donors (Lipinski definition) is 1. The van der Waals surface area contributed by atoms with Gasteiger partial charge in [0.2, 0.25) is 0 Å². The zero-order valence-electron chi connectivity index (χ0n) is 26.5. The highest BCUT2D eigenvalue weighted by atomic mass is 16.5. The van der Waals surface area contributed by atoms with Gasteiger partial charge in [-0.2, -0.15) is 0 Å². The summed E-state index contributed by atoms with van der Waals surface area (Å²) in [5.41, 5.74) is 0. The van der Waals surface area contributed by atoms with Crippen molar-refractivity contribution in [1.29, 1.82) is 0 Å². The summed E-state index contributed by atoms with van der Waals surface area (Å²) in [6.07, 6.45) is 35.9. The topological polar surface area (TPSA) is 63.6 Å². The highest BCUT2D eigenvalue weighted by Crippen LogP contribution is 2.18. The number of hydrogen-bond acceptors (Lipinski definition) is 3. The molecule has 1 atom stereocenters. The first-order chi connectivity index (χ1) is 19.1. The minimum Gasteiger partial charge on any atom is -0.481 e. The normalized spacial score (nSPS) is 12.1. The van der Waals surface area contributed by atoms with Gasteiger partial charge in [0, 0.05) is 12.8 Å². The predicted molar refractivity (Wildman–Crippen MR) is 167 cm³/mol. The second-order valence-electron chi connectivity index (χ2n) is 12.1. The molecule has 0 rings (SSSR count). The SMILES string of the molecule is CCCCCCCCCCCCCCCCCCCCCCC(=O)OC(CCCCC)CCCCCC(=O)O. The number of ether oxygens (including phenoxy) is 1. The van der Waals surface area contributed by atoms with Gasteiger partial charge in [0.25, 0.3) is 0 Å². The lowest BCUT2D eigenvalue weighted by Gasteiger charge is -2.18. The number of carbonyl (C=O) groups excluding carboxylic acids is 1. The molecule has 1 unspecified atom stereocenters. The van der Waals surface area contributed by atoms with Gasteiger partial charge in [-0.25, -0.2) is 0 Å². The van der Waals surface area contributed by atoms with E-state index in [1.54, 1.807) is 0 Å². The number of carbonyl (C=O) groups is 2. The van der Waals surface area contributed by atoms with Crippen LogP contribution in [0.4, 0.5) is 0 Å². The van der Waals surface area contributed by atoms with Crippen LogP contribution in [0.5, 0.6) is 0 Å². The molecule has 0 heterocycles. The van der Waals surface area contributed by atoms with E-state index in [1.165, 1.54) is 128 Å².